The monoisotopic (exact) mass is 2210 g/mol. The Morgan fingerprint density at radius 1 is 0.308 bits per heavy atom. The summed E-state index contributed by atoms with van der Waals surface area (Å²) in [5.41, 5.74) is 7.31. The van der Waals surface area contributed by atoms with Crippen molar-refractivity contribution in [1.29, 1.82) is 0 Å². The van der Waals surface area contributed by atoms with Crippen LogP contribution in [0.25, 0.3) is 106 Å². The highest BCUT2D eigenvalue weighted by Crippen LogP contribution is 2.62. The van der Waals surface area contributed by atoms with Crippen molar-refractivity contribution in [3.8, 4) is 77.3 Å². The van der Waals surface area contributed by atoms with Crippen molar-refractivity contribution in [2.24, 2.45) is 47.3 Å². The molecule has 0 saturated heterocycles. The summed E-state index contributed by atoms with van der Waals surface area (Å²) in [7, 11) is 1.74. The largest absolute Gasteiger partial charge is 0.504 e. The van der Waals surface area contributed by atoms with Crippen LogP contribution in [0.3, 0.4) is 0 Å². The summed E-state index contributed by atoms with van der Waals surface area (Å²) in [4.78, 5) is 55.1. The van der Waals surface area contributed by atoms with E-state index in [4.69, 9.17) is 75.8 Å². The number of aromatic nitrogens is 4. The van der Waals surface area contributed by atoms with Crippen LogP contribution in [0, 0.1) is 47.3 Å². The highest BCUT2D eigenvalue weighted by molar-refractivity contribution is 7.30. The van der Waals surface area contributed by atoms with Crippen molar-refractivity contribution < 1.29 is 14.3 Å². The van der Waals surface area contributed by atoms with Gasteiger partial charge in [0.15, 0.2) is 0 Å². The highest BCUT2D eigenvalue weighted by atomic mass is 35.5. The zero-order valence-corrected chi connectivity index (χ0v) is 103. The number of halogens is 4. The average Bonchev–Trinajstić information content (AvgIpc) is 1.56. The number of unbranched alkanes of at least 4 members (excludes halogenated alkanes) is 32. The van der Waals surface area contributed by atoms with Gasteiger partial charge in [-0.3, -0.25) is 4.79 Å². The number of carbonyl (C=O) groups is 1. The van der Waals surface area contributed by atoms with Gasteiger partial charge in [0.1, 0.15) is 62.5 Å². The Kier molecular flexibility index (Phi) is 56.3. The number of allylic oxidation sites excluding steroid dienone is 1. The third-order valence-electron chi connectivity index (χ3n) is 31.3. The predicted molar refractivity (Wildman–Crippen MR) is 657 cm³/mol. The molecule has 19 heteroatoms. The third-order valence-corrected chi connectivity index (χ3v) is 42.8. The lowest BCUT2D eigenvalue weighted by molar-refractivity contribution is -0.104. The number of hydrogen-bond acceptors (Lipinski definition) is 15. The average molecular weight is 2220 g/mol. The molecule has 0 N–H and O–H groups in total. The topological polar surface area (TPSA) is 87.1 Å². The summed E-state index contributed by atoms with van der Waals surface area (Å²) in [6.45, 7) is 33.1. The van der Waals surface area contributed by atoms with Crippen molar-refractivity contribution in [2.75, 3.05) is 7.11 Å². The van der Waals surface area contributed by atoms with E-state index in [0.717, 1.165) is 182 Å². The van der Waals surface area contributed by atoms with Gasteiger partial charge in [-0.25, -0.2) is 19.9 Å². The summed E-state index contributed by atoms with van der Waals surface area (Å²) in [5.74, 6) is 5.43. The van der Waals surface area contributed by atoms with Crippen LogP contribution in [0.1, 0.15) is 504 Å². The first-order valence-corrected chi connectivity index (χ1v) is 67.3. The first-order valence-electron chi connectivity index (χ1n) is 59.2. The molecule has 0 amide bonds. The number of methoxy groups -OCH3 is 1. The van der Waals surface area contributed by atoms with E-state index in [1.165, 1.54) is 377 Å². The molecular weight excluding hydrogens is 2030 g/mol. The molecule has 810 valence electrons. The van der Waals surface area contributed by atoms with Gasteiger partial charge in [0.25, 0.3) is 0 Å². The molecule has 6 unspecified atom stereocenters. The second-order valence-corrected chi connectivity index (χ2v) is 55.4. The molecular formula is C127H188Cl4N4O3S8. The predicted octanol–water partition coefficient (Wildman–Crippen LogP) is 47.8. The number of hydrogen-bond donors (Lipinski definition) is 0. The van der Waals surface area contributed by atoms with E-state index in [1.807, 2.05) is 80.4 Å². The van der Waals surface area contributed by atoms with Gasteiger partial charge >= 0.3 is 0 Å². The normalized spacial score (nSPS) is 14.7. The second-order valence-electron chi connectivity index (χ2n) is 45.0. The van der Waals surface area contributed by atoms with E-state index in [-0.39, 0.29) is 0 Å². The summed E-state index contributed by atoms with van der Waals surface area (Å²) < 4.78 is 14.2. The van der Waals surface area contributed by atoms with Gasteiger partial charge in [-0.05, 0) is 147 Å². The molecule has 0 aliphatic carbocycles. The molecule has 10 aromatic heterocycles. The zero-order valence-electron chi connectivity index (χ0n) is 93.1. The van der Waals surface area contributed by atoms with Crippen LogP contribution in [-0.4, -0.2) is 33.3 Å². The van der Waals surface area contributed by atoms with Crippen molar-refractivity contribution in [3.05, 3.63) is 104 Å². The summed E-state index contributed by atoms with van der Waals surface area (Å²) >= 11 is 45.6. The van der Waals surface area contributed by atoms with Crippen LogP contribution in [0.2, 0.25) is 20.1 Å². The van der Waals surface area contributed by atoms with Gasteiger partial charge in [-0.2, -0.15) is 0 Å². The molecule has 10 aromatic rings. The summed E-state index contributed by atoms with van der Waals surface area (Å²) in [5, 5.41) is 3.32. The van der Waals surface area contributed by atoms with E-state index in [9.17, 15) is 4.79 Å². The Bertz CT molecular complexity index is 5430. The number of ether oxygens (including phenoxy) is 2. The molecule has 1 aliphatic heterocycles. The van der Waals surface area contributed by atoms with E-state index in [0.29, 0.717) is 47.3 Å². The molecule has 11 heterocycles. The minimum absolute atomic E-state index is 0.490. The zero-order chi connectivity index (χ0) is 104. The van der Waals surface area contributed by atoms with Crippen molar-refractivity contribution in [1.82, 2.24) is 19.9 Å². The maximum absolute atomic E-state index is 13.0. The fraction of sp³-hybridized carbons (Fsp3) is 0.677. The quantitative estimate of drug-likeness (QED) is 0.0162. The minimum Gasteiger partial charge on any atom is -0.504 e. The van der Waals surface area contributed by atoms with Gasteiger partial charge in [0, 0.05) is 36.0 Å². The number of carbonyl (C=O) groups excluding carboxylic acids is 1. The highest BCUT2D eigenvalue weighted by Gasteiger charge is 2.45. The molecule has 0 bridgehead atoms. The Balaban J connectivity index is 1.12. The standard InChI is InChI=1S/C127H188Cl4N4O3S8/c1-16-24-32-40-44-52-67-93(63-48-36-28-20-5)79-105-98(128)84-109(139-105)117-119(111-86-100(130)107(141-111)81-95(65-50-38-30-22-7)69-54-46-42-34-26-18-3)134-121-115(132-117)103(71-58-77-136)143-125(121)113-83-97-123(145-113)124-102(138-127(97,75-72-91(13)61-56-59-89(9)10)76-73-92(14)62-57-60-90(11)12)88-114(146-124)126-122-116(104(144-126)74-78-137-15)133-118(110-85-99(129)106(140-110)80-94(64-49-37-29-21-6)68-53-45-41-33-25-17-2)120(135-122)112-87-101(131)108(142-112)82-96(66-51-39-31-23-8)70-55-47-43-35-27-19-4/h58,71,74,77-78,83-96H,16-57,59-70,72-73,75-76,79-82H2,1-15H3/b71-58+,78-74+. The van der Waals surface area contributed by atoms with Gasteiger partial charge in [0.05, 0.1) is 87.1 Å². The molecule has 0 radical (unpaired) electrons. The molecule has 146 heavy (non-hydrogen) atoms. The second kappa shape index (κ2) is 67.2. The van der Waals surface area contributed by atoms with Crippen LogP contribution in [0.4, 0.5) is 0 Å². The maximum atomic E-state index is 13.0. The Labute approximate surface area is 939 Å². The number of fused-ring (bicyclic) bond motifs is 5. The smallest absolute Gasteiger partial charge is 0.142 e. The van der Waals surface area contributed by atoms with Gasteiger partial charge in [-0.15, -0.1) is 90.7 Å². The third kappa shape index (κ3) is 38.0. The lowest BCUT2D eigenvalue weighted by atomic mass is 9.78. The Morgan fingerprint density at radius 2 is 0.596 bits per heavy atom. The summed E-state index contributed by atoms with van der Waals surface area (Å²) in [6.07, 6.45) is 84.4. The number of thiophene rings is 8. The Hall–Kier alpha value is -3.81. The molecule has 7 nitrogen and oxygen atoms in total. The van der Waals surface area contributed by atoms with Crippen LogP contribution < -0.4 is 4.74 Å². The molecule has 6 atom stereocenters. The van der Waals surface area contributed by atoms with E-state index in [1.54, 1.807) is 35.9 Å². The van der Waals surface area contributed by atoms with Gasteiger partial charge in [-0.1, -0.05) is 490 Å². The number of rotatable bonds is 80. The summed E-state index contributed by atoms with van der Waals surface area (Å²) in [6, 6.07) is 13.9. The van der Waals surface area contributed by atoms with Crippen LogP contribution in [0.5, 0.6) is 5.75 Å². The first-order chi connectivity index (χ1) is 71.1. The molecule has 0 saturated carbocycles. The molecule has 0 fully saturated rings. The lowest BCUT2D eigenvalue weighted by Crippen LogP contribution is -2.36. The van der Waals surface area contributed by atoms with E-state index >= 15 is 0 Å². The van der Waals surface area contributed by atoms with Crippen molar-refractivity contribution >= 4 is 178 Å². The van der Waals surface area contributed by atoms with E-state index in [2.05, 4.69) is 139 Å². The fourth-order valence-corrected chi connectivity index (χ4v) is 33.3. The lowest BCUT2D eigenvalue weighted by Gasteiger charge is -2.39. The number of nitrogens with zero attached hydrogens (tertiary/aromatic N) is 4. The molecule has 1 aliphatic rings. The SMILES string of the molecule is CCCCCCCCC(CCCCCC)Cc1sc(-c2nc3c(/C=C/OC)sc(-c4cc5c(s4)-c4sc(-c6sc(/C=C/C=O)c7nc(-c8cc(Cl)c(CC(CCCCCC)CCCCCCCC)s8)c(-c8cc(Cl)c(CC(CCCCCC)CCCCCCCC)s8)nc67)cc4C(CCC(C)CCCC(C)C)(CCC(C)CCCC(C)C)O5)c3nc2-c2cc(Cl)c(CC(CCCCCC)CCCCCCCC)s2)cc1Cl. The molecule has 11 rings (SSSR count). The minimum atomic E-state index is -0.674. The van der Waals surface area contributed by atoms with Gasteiger partial charge in [0.2, 0.25) is 0 Å². The molecule has 0 spiro atoms. The number of aldehydes is 1. The Morgan fingerprint density at radius 3 is 0.904 bits per heavy atom. The maximum Gasteiger partial charge on any atom is 0.142 e. The first kappa shape index (κ1) is 122. The van der Waals surface area contributed by atoms with Crippen molar-refractivity contribution in [2.45, 2.75) is 501 Å². The van der Waals surface area contributed by atoms with Crippen LogP contribution >= 0.6 is 137 Å². The van der Waals surface area contributed by atoms with E-state index < -0.39 is 5.60 Å². The fourth-order valence-electron chi connectivity index (χ4n) is 22.3. The van der Waals surface area contributed by atoms with Crippen LogP contribution in [-0.2, 0) is 40.8 Å². The molecule has 0 aromatic carbocycles. The van der Waals surface area contributed by atoms with Crippen molar-refractivity contribution in [3.63, 3.8) is 0 Å². The van der Waals surface area contributed by atoms with Gasteiger partial charge < -0.3 is 9.47 Å². The van der Waals surface area contributed by atoms with Crippen LogP contribution in [0.15, 0.2) is 48.7 Å².